The Morgan fingerprint density at radius 3 is 2.69 bits per heavy atom. The van der Waals surface area contributed by atoms with Gasteiger partial charge in [-0.05, 0) is 11.6 Å². The van der Waals surface area contributed by atoms with Crippen molar-refractivity contribution in [2.24, 2.45) is 12.0 Å². The van der Waals surface area contributed by atoms with Crippen molar-refractivity contribution < 1.29 is 0 Å². The van der Waals surface area contributed by atoms with E-state index in [1.807, 2.05) is 36.3 Å². The van der Waals surface area contributed by atoms with Gasteiger partial charge in [0.25, 0.3) is 0 Å². The number of hydrogen-bond acceptors (Lipinski definition) is 3. The molecule has 0 unspecified atom stereocenters. The van der Waals surface area contributed by atoms with Crippen LogP contribution in [-0.2, 0) is 26.6 Å². The zero-order chi connectivity index (χ0) is 18.2. The Labute approximate surface area is 153 Å². The summed E-state index contributed by atoms with van der Waals surface area (Å²) in [6.45, 7) is 2.28. The number of nitrogens with zero attached hydrogens (tertiary/aromatic N) is 5. The molecule has 0 amide bonds. The van der Waals surface area contributed by atoms with Crippen molar-refractivity contribution >= 4 is 5.96 Å². The summed E-state index contributed by atoms with van der Waals surface area (Å²) >= 11 is 0. The molecule has 1 aromatic carbocycles. The minimum atomic E-state index is 0.679. The molecule has 0 bridgehead atoms. The molecule has 136 valence electrons. The summed E-state index contributed by atoms with van der Waals surface area (Å²) in [6, 6.07) is 12.4. The van der Waals surface area contributed by atoms with E-state index >= 15 is 0 Å². The molecule has 2 heterocycles. The first kappa shape index (κ1) is 17.7. The van der Waals surface area contributed by atoms with E-state index in [1.165, 1.54) is 5.56 Å². The topological polar surface area (TPSA) is 72.1 Å². The smallest absolute Gasteiger partial charge is 0.191 e. The zero-order valence-corrected chi connectivity index (χ0v) is 15.3. The molecule has 0 spiro atoms. The second-order valence-corrected chi connectivity index (χ2v) is 6.01. The van der Waals surface area contributed by atoms with E-state index in [0.29, 0.717) is 6.54 Å². The normalized spacial score (nSPS) is 11.5. The largest absolute Gasteiger partial charge is 0.356 e. The Hall–Kier alpha value is -3.09. The van der Waals surface area contributed by atoms with Crippen LogP contribution in [0.25, 0.3) is 0 Å². The van der Waals surface area contributed by atoms with Gasteiger partial charge in [0.15, 0.2) is 5.96 Å². The molecule has 0 radical (unpaired) electrons. The Morgan fingerprint density at radius 1 is 1.12 bits per heavy atom. The molecule has 3 rings (SSSR count). The van der Waals surface area contributed by atoms with Crippen LogP contribution < -0.4 is 10.6 Å². The SMILES string of the molecule is CN=C(NCCc1nccn1Cc1ccccc1)NCc1ccnn1C. The van der Waals surface area contributed by atoms with E-state index in [-0.39, 0.29) is 0 Å². The van der Waals surface area contributed by atoms with Gasteiger partial charge >= 0.3 is 0 Å². The minimum Gasteiger partial charge on any atom is -0.356 e. The molecular formula is C19H25N7. The van der Waals surface area contributed by atoms with Gasteiger partial charge in [-0.3, -0.25) is 9.67 Å². The third kappa shape index (κ3) is 4.72. The number of benzene rings is 1. The lowest BCUT2D eigenvalue weighted by atomic mass is 10.2. The van der Waals surface area contributed by atoms with Crippen molar-refractivity contribution in [1.82, 2.24) is 30.0 Å². The number of hydrogen-bond donors (Lipinski definition) is 2. The molecule has 2 aromatic heterocycles. The van der Waals surface area contributed by atoms with Gasteiger partial charge in [0, 0.05) is 52.2 Å². The monoisotopic (exact) mass is 351 g/mol. The lowest BCUT2D eigenvalue weighted by molar-refractivity contribution is 0.674. The van der Waals surface area contributed by atoms with E-state index in [1.54, 1.807) is 13.2 Å². The lowest BCUT2D eigenvalue weighted by Crippen LogP contribution is -2.38. The van der Waals surface area contributed by atoms with Gasteiger partial charge in [-0.15, -0.1) is 0 Å². The van der Waals surface area contributed by atoms with Gasteiger partial charge in [0.1, 0.15) is 5.82 Å². The van der Waals surface area contributed by atoms with Gasteiger partial charge in [-0.1, -0.05) is 30.3 Å². The van der Waals surface area contributed by atoms with Crippen molar-refractivity contribution in [3.8, 4) is 0 Å². The summed E-state index contributed by atoms with van der Waals surface area (Å²) < 4.78 is 4.03. The summed E-state index contributed by atoms with van der Waals surface area (Å²) in [4.78, 5) is 8.75. The summed E-state index contributed by atoms with van der Waals surface area (Å²) in [5, 5.41) is 10.8. The van der Waals surface area contributed by atoms with Crippen molar-refractivity contribution in [3.63, 3.8) is 0 Å². The first-order chi connectivity index (χ1) is 12.8. The van der Waals surface area contributed by atoms with Crippen molar-refractivity contribution in [1.29, 1.82) is 0 Å². The quantitative estimate of drug-likeness (QED) is 0.501. The number of aromatic nitrogens is 4. The Kier molecular flexibility index (Phi) is 6.03. The molecule has 0 aliphatic heterocycles. The third-order valence-electron chi connectivity index (χ3n) is 4.22. The maximum Gasteiger partial charge on any atom is 0.191 e. The average molecular weight is 351 g/mol. The standard InChI is InChI=1S/C19H25N7/c1-20-19(23-14-17-8-11-24-25(17)2)22-10-9-18-21-12-13-26(18)15-16-6-4-3-5-7-16/h3-8,11-13H,9-10,14-15H2,1-2H3,(H2,20,22,23). The molecule has 2 N–H and O–H groups in total. The van der Waals surface area contributed by atoms with Crippen molar-refractivity contribution in [3.05, 3.63) is 72.1 Å². The van der Waals surface area contributed by atoms with Gasteiger partial charge in [0.05, 0.1) is 12.2 Å². The van der Waals surface area contributed by atoms with Crippen LogP contribution in [0.5, 0.6) is 0 Å². The number of aliphatic imine (C=N–C) groups is 1. The molecule has 26 heavy (non-hydrogen) atoms. The summed E-state index contributed by atoms with van der Waals surface area (Å²) in [5.41, 5.74) is 2.37. The molecule has 0 saturated carbocycles. The fraction of sp³-hybridized carbons (Fsp3) is 0.316. The van der Waals surface area contributed by atoms with Crippen molar-refractivity contribution in [2.75, 3.05) is 13.6 Å². The predicted octanol–water partition coefficient (Wildman–Crippen LogP) is 1.57. The van der Waals surface area contributed by atoms with Crippen LogP contribution in [0.15, 0.2) is 60.0 Å². The van der Waals surface area contributed by atoms with Crippen LogP contribution in [0.1, 0.15) is 17.1 Å². The van der Waals surface area contributed by atoms with Crippen LogP contribution in [0.2, 0.25) is 0 Å². The van der Waals surface area contributed by atoms with Gasteiger partial charge in [0.2, 0.25) is 0 Å². The second-order valence-electron chi connectivity index (χ2n) is 6.01. The Balaban J connectivity index is 1.48. The first-order valence-corrected chi connectivity index (χ1v) is 8.71. The van der Waals surface area contributed by atoms with Gasteiger partial charge < -0.3 is 15.2 Å². The summed E-state index contributed by atoms with van der Waals surface area (Å²) in [6.07, 6.45) is 6.50. The maximum atomic E-state index is 4.48. The summed E-state index contributed by atoms with van der Waals surface area (Å²) in [5.74, 6) is 1.83. The van der Waals surface area contributed by atoms with E-state index in [2.05, 4.69) is 54.5 Å². The van der Waals surface area contributed by atoms with Gasteiger partial charge in [-0.2, -0.15) is 5.10 Å². The summed E-state index contributed by atoms with van der Waals surface area (Å²) in [7, 11) is 3.70. The Bertz CT molecular complexity index is 832. The second kappa shape index (κ2) is 8.84. The molecule has 0 saturated heterocycles. The van der Waals surface area contributed by atoms with E-state index < -0.39 is 0 Å². The number of rotatable bonds is 7. The fourth-order valence-electron chi connectivity index (χ4n) is 2.75. The number of nitrogens with one attached hydrogen (secondary N) is 2. The zero-order valence-electron chi connectivity index (χ0n) is 15.3. The van der Waals surface area contributed by atoms with E-state index in [9.17, 15) is 0 Å². The number of imidazole rings is 1. The molecule has 0 fully saturated rings. The van der Waals surface area contributed by atoms with Crippen LogP contribution >= 0.6 is 0 Å². The minimum absolute atomic E-state index is 0.679. The highest BCUT2D eigenvalue weighted by Crippen LogP contribution is 2.05. The molecule has 3 aromatic rings. The highest BCUT2D eigenvalue weighted by atomic mass is 15.3. The first-order valence-electron chi connectivity index (χ1n) is 8.71. The lowest BCUT2D eigenvalue weighted by Gasteiger charge is -2.13. The number of aryl methyl sites for hydroxylation is 1. The highest BCUT2D eigenvalue weighted by Gasteiger charge is 2.05. The maximum absolute atomic E-state index is 4.48. The van der Waals surface area contributed by atoms with Crippen LogP contribution in [0.4, 0.5) is 0 Å². The highest BCUT2D eigenvalue weighted by molar-refractivity contribution is 5.79. The van der Waals surface area contributed by atoms with Gasteiger partial charge in [-0.25, -0.2) is 4.98 Å². The van der Waals surface area contributed by atoms with Crippen LogP contribution in [-0.4, -0.2) is 38.9 Å². The van der Waals surface area contributed by atoms with E-state index in [0.717, 1.165) is 37.0 Å². The molecule has 7 heteroatoms. The van der Waals surface area contributed by atoms with E-state index in [4.69, 9.17) is 0 Å². The molecular weight excluding hydrogens is 326 g/mol. The molecule has 7 nitrogen and oxygen atoms in total. The number of guanidine groups is 1. The van der Waals surface area contributed by atoms with Crippen LogP contribution in [0, 0.1) is 0 Å². The average Bonchev–Trinajstić information content (AvgIpc) is 3.28. The third-order valence-corrected chi connectivity index (χ3v) is 4.22. The fourth-order valence-corrected chi connectivity index (χ4v) is 2.75. The Morgan fingerprint density at radius 2 is 1.96 bits per heavy atom. The molecule has 0 atom stereocenters. The molecule has 0 aliphatic carbocycles. The predicted molar refractivity (Wildman–Crippen MR) is 103 cm³/mol. The van der Waals surface area contributed by atoms with Crippen molar-refractivity contribution in [2.45, 2.75) is 19.5 Å². The van der Waals surface area contributed by atoms with Crippen LogP contribution in [0.3, 0.4) is 0 Å². The molecule has 0 aliphatic rings.